The first kappa shape index (κ1) is 12.2. The maximum atomic E-state index is 10.5. The second-order valence-corrected chi connectivity index (χ2v) is 4.21. The summed E-state index contributed by atoms with van der Waals surface area (Å²) in [5.74, 6) is 0.338. The molecule has 1 N–H and O–H groups in total. The van der Waals surface area contributed by atoms with Gasteiger partial charge in [0.05, 0.1) is 6.10 Å². The van der Waals surface area contributed by atoms with Crippen LogP contribution in [-0.2, 0) is 4.79 Å². The van der Waals surface area contributed by atoms with Gasteiger partial charge in [0, 0.05) is 0 Å². The molecule has 0 aromatic carbocycles. The molecule has 0 saturated heterocycles. The predicted molar refractivity (Wildman–Crippen MR) is 61.5 cm³/mol. The third kappa shape index (κ3) is 3.63. The minimum Gasteiger partial charge on any atom is -0.388 e. The lowest BCUT2D eigenvalue weighted by Gasteiger charge is -2.27. The third-order valence-corrected chi connectivity index (χ3v) is 3.14. The van der Waals surface area contributed by atoms with E-state index >= 15 is 0 Å². The van der Waals surface area contributed by atoms with E-state index in [1.165, 1.54) is 25.3 Å². The van der Waals surface area contributed by atoms with Crippen LogP contribution < -0.4 is 0 Å². The Hall–Kier alpha value is -0.890. The number of aldehydes is 1. The van der Waals surface area contributed by atoms with E-state index < -0.39 is 6.10 Å². The highest BCUT2D eigenvalue weighted by Gasteiger charge is 2.23. The molecule has 0 aliphatic heterocycles. The van der Waals surface area contributed by atoms with Crippen molar-refractivity contribution in [2.45, 2.75) is 44.6 Å². The van der Waals surface area contributed by atoms with Crippen LogP contribution in [0.5, 0.6) is 0 Å². The largest absolute Gasteiger partial charge is 0.388 e. The topological polar surface area (TPSA) is 37.3 Å². The highest BCUT2D eigenvalue weighted by molar-refractivity contribution is 5.66. The molecule has 1 aliphatic carbocycles. The Morgan fingerprint density at radius 2 is 2.07 bits per heavy atom. The first-order valence-corrected chi connectivity index (χ1v) is 5.72. The summed E-state index contributed by atoms with van der Waals surface area (Å²) in [4.78, 5) is 10.5. The Morgan fingerprint density at radius 3 is 2.60 bits per heavy atom. The quantitative estimate of drug-likeness (QED) is 0.428. The molecule has 1 atom stereocenters. The van der Waals surface area contributed by atoms with E-state index in [-0.39, 0.29) is 0 Å². The lowest BCUT2D eigenvalue weighted by Crippen LogP contribution is -2.24. The summed E-state index contributed by atoms with van der Waals surface area (Å²) in [5.41, 5.74) is 0.812. The van der Waals surface area contributed by atoms with Gasteiger partial charge in [0.25, 0.3) is 0 Å². The van der Waals surface area contributed by atoms with Gasteiger partial charge in [-0.2, -0.15) is 0 Å². The van der Waals surface area contributed by atoms with Gasteiger partial charge in [0.2, 0.25) is 0 Å². The summed E-state index contributed by atoms with van der Waals surface area (Å²) in [6.45, 7) is 3.64. The van der Waals surface area contributed by atoms with Crippen molar-refractivity contribution in [2.75, 3.05) is 0 Å². The van der Waals surface area contributed by atoms with Crippen LogP contribution in [0.4, 0.5) is 0 Å². The van der Waals surface area contributed by atoms with Crippen LogP contribution in [-0.4, -0.2) is 17.5 Å². The molecule has 0 spiro atoms. The van der Waals surface area contributed by atoms with E-state index in [4.69, 9.17) is 0 Å². The standard InChI is InChI=1S/C13H20O2/c1-2-6-11(9-10-14)13(15)12-7-4-3-5-8-12/h2,9-10,12-13,15H,1,3-8H2/b11-9-. The lowest BCUT2D eigenvalue weighted by molar-refractivity contribution is -0.104. The summed E-state index contributed by atoms with van der Waals surface area (Å²) in [6.07, 6.45) is 9.96. The molecule has 1 rings (SSSR count). The number of allylic oxidation sites excluding steroid dienone is 2. The lowest BCUT2D eigenvalue weighted by atomic mass is 9.82. The van der Waals surface area contributed by atoms with Crippen LogP contribution in [0.25, 0.3) is 0 Å². The normalized spacial score (nSPS) is 21.0. The SMILES string of the molecule is C=CC/C(=C/C=O)C(O)C1CCCCC1. The molecular weight excluding hydrogens is 188 g/mol. The number of rotatable bonds is 5. The summed E-state index contributed by atoms with van der Waals surface area (Å²) in [7, 11) is 0. The molecule has 0 aromatic heterocycles. The number of hydrogen-bond donors (Lipinski definition) is 1. The smallest absolute Gasteiger partial charge is 0.142 e. The zero-order chi connectivity index (χ0) is 11.1. The molecule has 0 heterocycles. The van der Waals surface area contributed by atoms with Crippen LogP contribution in [0.1, 0.15) is 38.5 Å². The molecular formula is C13H20O2. The van der Waals surface area contributed by atoms with Gasteiger partial charge in [-0.25, -0.2) is 0 Å². The molecule has 2 nitrogen and oxygen atoms in total. The van der Waals surface area contributed by atoms with Crippen molar-refractivity contribution in [3.05, 3.63) is 24.3 Å². The van der Waals surface area contributed by atoms with Crippen molar-refractivity contribution < 1.29 is 9.90 Å². The molecule has 1 aliphatic rings. The third-order valence-electron chi connectivity index (χ3n) is 3.14. The molecule has 1 unspecified atom stereocenters. The summed E-state index contributed by atoms with van der Waals surface area (Å²) >= 11 is 0. The molecule has 1 fully saturated rings. The van der Waals surface area contributed by atoms with Gasteiger partial charge < -0.3 is 5.11 Å². The van der Waals surface area contributed by atoms with Crippen LogP contribution in [0, 0.1) is 5.92 Å². The number of hydrogen-bond acceptors (Lipinski definition) is 2. The Bertz CT molecular complexity index is 237. The molecule has 1 saturated carbocycles. The molecule has 84 valence electrons. The highest BCUT2D eigenvalue weighted by Crippen LogP contribution is 2.30. The Kier molecular flexibility index (Phi) is 5.33. The maximum absolute atomic E-state index is 10.5. The minimum atomic E-state index is -0.450. The fourth-order valence-electron chi connectivity index (χ4n) is 2.29. The average Bonchev–Trinajstić information content (AvgIpc) is 2.29. The summed E-state index contributed by atoms with van der Waals surface area (Å²) in [5, 5.41) is 10.1. The first-order chi connectivity index (χ1) is 7.29. The zero-order valence-corrected chi connectivity index (χ0v) is 9.19. The summed E-state index contributed by atoms with van der Waals surface area (Å²) < 4.78 is 0. The zero-order valence-electron chi connectivity index (χ0n) is 9.19. The van der Waals surface area contributed by atoms with E-state index in [2.05, 4.69) is 6.58 Å². The summed E-state index contributed by atoms with van der Waals surface area (Å²) in [6, 6.07) is 0. The van der Waals surface area contributed by atoms with E-state index in [1.807, 2.05) is 0 Å². The van der Waals surface area contributed by atoms with Crippen LogP contribution in [0.3, 0.4) is 0 Å². The average molecular weight is 208 g/mol. The number of carbonyl (C=O) groups excluding carboxylic acids is 1. The molecule has 0 aromatic rings. The fourth-order valence-corrected chi connectivity index (χ4v) is 2.29. The highest BCUT2D eigenvalue weighted by atomic mass is 16.3. The van der Waals surface area contributed by atoms with Gasteiger partial charge in [0.15, 0.2) is 0 Å². The second kappa shape index (κ2) is 6.57. The molecule has 15 heavy (non-hydrogen) atoms. The first-order valence-electron chi connectivity index (χ1n) is 5.72. The van der Waals surface area contributed by atoms with Crippen molar-refractivity contribution in [1.82, 2.24) is 0 Å². The number of carbonyl (C=O) groups is 1. The van der Waals surface area contributed by atoms with Crippen molar-refractivity contribution >= 4 is 6.29 Å². The van der Waals surface area contributed by atoms with Crippen LogP contribution >= 0.6 is 0 Å². The van der Waals surface area contributed by atoms with Gasteiger partial charge >= 0.3 is 0 Å². The van der Waals surface area contributed by atoms with Crippen LogP contribution in [0.2, 0.25) is 0 Å². The molecule has 0 bridgehead atoms. The number of aliphatic hydroxyl groups excluding tert-OH is 1. The van der Waals surface area contributed by atoms with Crippen molar-refractivity contribution in [2.24, 2.45) is 5.92 Å². The maximum Gasteiger partial charge on any atom is 0.142 e. The fraction of sp³-hybridized carbons (Fsp3) is 0.615. The van der Waals surface area contributed by atoms with E-state index in [9.17, 15) is 9.90 Å². The molecule has 2 heteroatoms. The molecule has 0 amide bonds. The van der Waals surface area contributed by atoms with Gasteiger partial charge in [-0.1, -0.05) is 25.3 Å². The number of aliphatic hydroxyl groups is 1. The van der Waals surface area contributed by atoms with Gasteiger partial charge in [-0.3, -0.25) is 4.79 Å². The van der Waals surface area contributed by atoms with E-state index in [1.54, 1.807) is 6.08 Å². The van der Waals surface area contributed by atoms with E-state index in [0.717, 1.165) is 24.7 Å². The predicted octanol–water partition coefficient (Wildman–Crippen LogP) is 2.63. The monoisotopic (exact) mass is 208 g/mol. The molecule has 0 radical (unpaired) electrons. The van der Waals surface area contributed by atoms with Crippen LogP contribution in [0.15, 0.2) is 24.3 Å². The van der Waals surface area contributed by atoms with Gasteiger partial charge in [-0.15, -0.1) is 6.58 Å². The minimum absolute atomic E-state index is 0.338. The van der Waals surface area contributed by atoms with Gasteiger partial charge in [0.1, 0.15) is 6.29 Å². The Balaban J connectivity index is 2.60. The second-order valence-electron chi connectivity index (χ2n) is 4.21. The Morgan fingerprint density at radius 1 is 1.40 bits per heavy atom. The Labute approximate surface area is 91.7 Å². The van der Waals surface area contributed by atoms with Gasteiger partial charge in [-0.05, 0) is 36.8 Å². The van der Waals surface area contributed by atoms with Crippen molar-refractivity contribution in [3.63, 3.8) is 0 Å². The van der Waals surface area contributed by atoms with Crippen molar-refractivity contribution in [1.29, 1.82) is 0 Å². The van der Waals surface area contributed by atoms with E-state index in [0.29, 0.717) is 12.3 Å². The van der Waals surface area contributed by atoms with Crippen molar-refractivity contribution in [3.8, 4) is 0 Å².